The number of nitrogens with zero attached hydrogens (tertiary/aromatic N) is 3. The quantitative estimate of drug-likeness (QED) is 0.228. The van der Waals surface area contributed by atoms with Gasteiger partial charge in [-0.05, 0) is 50.4 Å². The molecule has 0 saturated carbocycles. The van der Waals surface area contributed by atoms with Crippen molar-refractivity contribution >= 4 is 35.8 Å². The van der Waals surface area contributed by atoms with Gasteiger partial charge in [0.1, 0.15) is 5.75 Å². The predicted octanol–water partition coefficient (Wildman–Crippen LogP) is 2.31. The van der Waals surface area contributed by atoms with Crippen molar-refractivity contribution in [1.29, 1.82) is 0 Å². The van der Waals surface area contributed by atoms with Gasteiger partial charge < -0.3 is 20.3 Å². The number of methoxy groups -OCH3 is 1. The van der Waals surface area contributed by atoms with Crippen LogP contribution in [0.4, 0.5) is 0 Å². The molecule has 1 unspecified atom stereocenters. The first-order chi connectivity index (χ1) is 13.5. The summed E-state index contributed by atoms with van der Waals surface area (Å²) in [4.78, 5) is 20.9. The average Bonchev–Trinajstić information content (AvgIpc) is 3.17. The SMILES string of the molecule is CCNC(=NCc1ccc(OC)cc1)NCCCN1CCCC1C(=O)N(C)C.I. The highest BCUT2D eigenvalue weighted by atomic mass is 127. The number of amides is 1. The lowest BCUT2D eigenvalue weighted by Crippen LogP contribution is -2.44. The number of likely N-dealkylation sites (N-methyl/N-ethyl adjacent to an activating group) is 1. The number of benzene rings is 1. The first-order valence-corrected chi connectivity index (χ1v) is 10.2. The molecule has 2 N–H and O–H groups in total. The Morgan fingerprint density at radius 3 is 2.62 bits per heavy atom. The van der Waals surface area contributed by atoms with Crippen LogP contribution in [0.25, 0.3) is 0 Å². The van der Waals surface area contributed by atoms with Gasteiger partial charge in [-0.3, -0.25) is 9.69 Å². The fourth-order valence-corrected chi connectivity index (χ4v) is 3.40. The Morgan fingerprint density at radius 1 is 1.28 bits per heavy atom. The number of nitrogens with one attached hydrogen (secondary N) is 2. The van der Waals surface area contributed by atoms with Crippen LogP contribution in [0.2, 0.25) is 0 Å². The van der Waals surface area contributed by atoms with Gasteiger partial charge in [-0.1, -0.05) is 12.1 Å². The summed E-state index contributed by atoms with van der Waals surface area (Å²) in [5, 5.41) is 6.68. The molecular weight excluding hydrogens is 481 g/mol. The molecule has 1 atom stereocenters. The van der Waals surface area contributed by atoms with Gasteiger partial charge in [0.2, 0.25) is 5.91 Å². The molecule has 1 heterocycles. The van der Waals surface area contributed by atoms with Crippen LogP contribution in [0.5, 0.6) is 5.75 Å². The second-order valence-electron chi connectivity index (χ2n) is 7.25. The number of hydrogen-bond donors (Lipinski definition) is 2. The van der Waals surface area contributed by atoms with Gasteiger partial charge in [0.25, 0.3) is 0 Å². The summed E-state index contributed by atoms with van der Waals surface area (Å²) in [6.07, 6.45) is 3.05. The third kappa shape index (κ3) is 8.38. The Morgan fingerprint density at radius 2 is 2.00 bits per heavy atom. The zero-order valence-corrected chi connectivity index (χ0v) is 20.4. The summed E-state index contributed by atoms with van der Waals surface area (Å²) in [6.45, 7) is 6.26. The summed E-state index contributed by atoms with van der Waals surface area (Å²) in [5.74, 6) is 1.89. The van der Waals surface area contributed by atoms with Gasteiger partial charge in [0, 0.05) is 33.7 Å². The predicted molar refractivity (Wildman–Crippen MR) is 129 cm³/mol. The van der Waals surface area contributed by atoms with Crippen LogP contribution in [0.3, 0.4) is 0 Å². The van der Waals surface area contributed by atoms with Crippen LogP contribution in [0, 0.1) is 0 Å². The van der Waals surface area contributed by atoms with E-state index in [1.54, 1.807) is 12.0 Å². The minimum Gasteiger partial charge on any atom is -0.497 e. The standard InChI is InChI=1S/C21H35N5O2.HI/c1-5-22-21(24-16-17-9-11-18(28-4)12-10-17)23-13-7-15-26-14-6-8-19(26)20(27)25(2)3;/h9-12,19H,5-8,13-16H2,1-4H3,(H2,22,23,24);1H. The average molecular weight is 517 g/mol. The van der Waals surface area contributed by atoms with Crippen LogP contribution in [-0.2, 0) is 11.3 Å². The van der Waals surface area contributed by atoms with E-state index in [1.807, 2.05) is 38.4 Å². The maximum absolute atomic E-state index is 12.3. The van der Waals surface area contributed by atoms with Crippen molar-refractivity contribution in [3.05, 3.63) is 29.8 Å². The number of likely N-dealkylation sites (tertiary alicyclic amines) is 1. The van der Waals surface area contributed by atoms with Crippen LogP contribution >= 0.6 is 24.0 Å². The van der Waals surface area contributed by atoms with Gasteiger partial charge in [-0.15, -0.1) is 24.0 Å². The third-order valence-corrected chi connectivity index (χ3v) is 4.93. The summed E-state index contributed by atoms with van der Waals surface area (Å²) in [7, 11) is 5.34. The summed E-state index contributed by atoms with van der Waals surface area (Å²) in [6, 6.07) is 8.01. The molecule has 1 amide bonds. The van der Waals surface area contributed by atoms with Crippen LogP contribution in [0.1, 0.15) is 31.7 Å². The molecule has 1 saturated heterocycles. The minimum atomic E-state index is 0. The van der Waals surface area contributed by atoms with E-state index in [1.165, 1.54) is 0 Å². The summed E-state index contributed by atoms with van der Waals surface area (Å²) < 4.78 is 5.19. The zero-order chi connectivity index (χ0) is 20.4. The second kappa shape index (κ2) is 13.6. The molecule has 0 aromatic heterocycles. The van der Waals surface area contributed by atoms with E-state index in [-0.39, 0.29) is 35.9 Å². The van der Waals surface area contributed by atoms with Crippen molar-refractivity contribution in [3.8, 4) is 5.75 Å². The zero-order valence-electron chi connectivity index (χ0n) is 18.1. The van der Waals surface area contributed by atoms with E-state index in [0.29, 0.717) is 6.54 Å². The fourth-order valence-electron chi connectivity index (χ4n) is 3.40. The van der Waals surface area contributed by atoms with Gasteiger partial charge in [0.05, 0.1) is 19.7 Å². The molecule has 29 heavy (non-hydrogen) atoms. The molecule has 0 aliphatic carbocycles. The fraction of sp³-hybridized carbons (Fsp3) is 0.619. The molecule has 7 nitrogen and oxygen atoms in total. The van der Waals surface area contributed by atoms with Crippen LogP contribution in [0.15, 0.2) is 29.3 Å². The Kier molecular flexibility index (Phi) is 12.0. The van der Waals surface area contributed by atoms with Crippen molar-refractivity contribution < 1.29 is 9.53 Å². The molecule has 1 aliphatic rings. The van der Waals surface area contributed by atoms with E-state index in [2.05, 4.69) is 27.4 Å². The minimum absolute atomic E-state index is 0. The number of carbonyl (C=O) groups excluding carboxylic acids is 1. The molecular formula is C21H36IN5O2. The molecule has 1 aromatic carbocycles. The Labute approximate surface area is 192 Å². The third-order valence-electron chi connectivity index (χ3n) is 4.93. The number of carbonyl (C=O) groups is 1. The molecule has 0 bridgehead atoms. The second-order valence-corrected chi connectivity index (χ2v) is 7.25. The topological polar surface area (TPSA) is 69.2 Å². The molecule has 1 aliphatic heterocycles. The molecule has 2 rings (SSSR count). The number of aliphatic imine (C=N–C) groups is 1. The highest BCUT2D eigenvalue weighted by Gasteiger charge is 2.30. The largest absolute Gasteiger partial charge is 0.497 e. The van der Waals surface area contributed by atoms with Crippen molar-refractivity contribution in [1.82, 2.24) is 20.4 Å². The van der Waals surface area contributed by atoms with Gasteiger partial charge in [0.15, 0.2) is 5.96 Å². The van der Waals surface area contributed by atoms with Crippen LogP contribution < -0.4 is 15.4 Å². The lowest BCUT2D eigenvalue weighted by atomic mass is 10.2. The van der Waals surface area contributed by atoms with Crippen molar-refractivity contribution in [2.75, 3.05) is 47.4 Å². The normalized spacial score (nSPS) is 16.8. The molecule has 164 valence electrons. The molecule has 0 spiro atoms. The van der Waals surface area contributed by atoms with E-state index in [9.17, 15) is 4.79 Å². The van der Waals surface area contributed by atoms with E-state index in [4.69, 9.17) is 4.74 Å². The maximum Gasteiger partial charge on any atom is 0.239 e. The van der Waals surface area contributed by atoms with Crippen molar-refractivity contribution in [3.63, 3.8) is 0 Å². The Hall–Kier alpha value is -1.55. The van der Waals surface area contributed by atoms with Gasteiger partial charge >= 0.3 is 0 Å². The van der Waals surface area contributed by atoms with Crippen molar-refractivity contribution in [2.45, 2.75) is 38.8 Å². The van der Waals surface area contributed by atoms with Gasteiger partial charge in [-0.2, -0.15) is 0 Å². The number of hydrogen-bond acceptors (Lipinski definition) is 4. The maximum atomic E-state index is 12.3. The lowest BCUT2D eigenvalue weighted by Gasteiger charge is -2.26. The molecule has 1 fully saturated rings. The Bertz CT molecular complexity index is 636. The molecule has 8 heteroatoms. The van der Waals surface area contributed by atoms with E-state index in [0.717, 1.165) is 62.7 Å². The summed E-state index contributed by atoms with van der Waals surface area (Å²) >= 11 is 0. The number of rotatable bonds is 9. The van der Waals surface area contributed by atoms with E-state index >= 15 is 0 Å². The highest BCUT2D eigenvalue weighted by molar-refractivity contribution is 14.0. The first kappa shape index (κ1) is 25.5. The van der Waals surface area contributed by atoms with E-state index < -0.39 is 0 Å². The number of guanidine groups is 1. The lowest BCUT2D eigenvalue weighted by molar-refractivity contribution is -0.133. The smallest absolute Gasteiger partial charge is 0.239 e. The summed E-state index contributed by atoms with van der Waals surface area (Å²) in [5.41, 5.74) is 1.14. The van der Waals surface area contributed by atoms with Crippen LogP contribution in [-0.4, -0.2) is 75.1 Å². The first-order valence-electron chi connectivity index (χ1n) is 10.2. The van der Waals surface area contributed by atoms with Crippen molar-refractivity contribution in [2.24, 2.45) is 4.99 Å². The highest BCUT2D eigenvalue weighted by Crippen LogP contribution is 2.18. The Balaban J connectivity index is 0.00000420. The molecule has 1 aromatic rings. The molecule has 0 radical (unpaired) electrons. The van der Waals surface area contributed by atoms with Gasteiger partial charge in [-0.25, -0.2) is 4.99 Å². The number of ether oxygens (including phenoxy) is 1. The monoisotopic (exact) mass is 517 g/mol. The number of halogens is 1.